The molecule has 0 aliphatic carbocycles. The maximum absolute atomic E-state index is 12.6. The number of amides is 1. The van der Waals surface area contributed by atoms with E-state index in [1.807, 2.05) is 60.7 Å². The molecule has 0 saturated heterocycles. The van der Waals surface area contributed by atoms with Crippen molar-refractivity contribution < 1.29 is 14.6 Å². The SMILES string of the molecule is NCCC(CC1=COOC=C1)NC(=O)c1ccc(-c2ccccc2)cc1. The molecule has 3 N–H and O–H groups in total. The Labute approximate surface area is 153 Å². The molecule has 0 spiro atoms. The Hall–Kier alpha value is -3.05. The predicted molar refractivity (Wildman–Crippen MR) is 101 cm³/mol. The van der Waals surface area contributed by atoms with Crippen molar-refractivity contribution in [3.8, 4) is 11.1 Å². The molecule has 1 aliphatic rings. The second kappa shape index (κ2) is 8.87. The van der Waals surface area contributed by atoms with Crippen LogP contribution in [0.3, 0.4) is 0 Å². The number of benzene rings is 2. The lowest BCUT2D eigenvalue weighted by Crippen LogP contribution is -2.36. The van der Waals surface area contributed by atoms with E-state index in [-0.39, 0.29) is 11.9 Å². The van der Waals surface area contributed by atoms with Crippen LogP contribution in [-0.4, -0.2) is 18.5 Å². The lowest BCUT2D eigenvalue weighted by atomic mass is 10.0. The summed E-state index contributed by atoms with van der Waals surface area (Å²) in [5.74, 6) is -0.111. The largest absolute Gasteiger partial charge is 0.349 e. The van der Waals surface area contributed by atoms with Crippen LogP contribution in [0.4, 0.5) is 0 Å². The lowest BCUT2D eigenvalue weighted by molar-refractivity contribution is -0.199. The van der Waals surface area contributed by atoms with E-state index >= 15 is 0 Å². The molecule has 2 aromatic carbocycles. The number of carbonyl (C=O) groups excluding carboxylic acids is 1. The highest BCUT2D eigenvalue weighted by molar-refractivity contribution is 5.94. The molecule has 0 fully saturated rings. The fourth-order valence-electron chi connectivity index (χ4n) is 2.82. The first-order valence-corrected chi connectivity index (χ1v) is 8.60. The number of hydrogen-bond donors (Lipinski definition) is 2. The summed E-state index contributed by atoms with van der Waals surface area (Å²) in [5, 5.41) is 3.05. The zero-order valence-electron chi connectivity index (χ0n) is 14.4. The summed E-state index contributed by atoms with van der Waals surface area (Å²) in [6, 6.07) is 17.6. The molecular weight excluding hydrogens is 328 g/mol. The van der Waals surface area contributed by atoms with Gasteiger partial charge in [-0.15, -0.1) is 0 Å². The molecule has 0 saturated carbocycles. The highest BCUT2D eigenvalue weighted by Crippen LogP contribution is 2.20. The van der Waals surface area contributed by atoms with Crippen LogP contribution in [0.1, 0.15) is 23.2 Å². The molecular formula is C21H22N2O3. The molecule has 1 amide bonds. The third-order valence-electron chi connectivity index (χ3n) is 4.18. The van der Waals surface area contributed by atoms with Gasteiger partial charge in [-0.2, -0.15) is 0 Å². The Balaban J connectivity index is 1.65. The van der Waals surface area contributed by atoms with Gasteiger partial charge in [0.2, 0.25) is 0 Å². The van der Waals surface area contributed by atoms with Gasteiger partial charge in [-0.25, -0.2) is 0 Å². The first kappa shape index (κ1) is 17.8. The number of nitrogens with two attached hydrogens (primary N) is 1. The monoisotopic (exact) mass is 350 g/mol. The van der Waals surface area contributed by atoms with Gasteiger partial charge in [0, 0.05) is 11.6 Å². The maximum atomic E-state index is 12.6. The molecule has 5 nitrogen and oxygen atoms in total. The Morgan fingerprint density at radius 2 is 1.73 bits per heavy atom. The van der Waals surface area contributed by atoms with E-state index in [9.17, 15) is 4.79 Å². The van der Waals surface area contributed by atoms with Gasteiger partial charge < -0.3 is 11.1 Å². The summed E-state index contributed by atoms with van der Waals surface area (Å²) >= 11 is 0. The van der Waals surface area contributed by atoms with Crippen LogP contribution in [0.2, 0.25) is 0 Å². The molecule has 1 atom stereocenters. The predicted octanol–water partition coefficient (Wildman–Crippen LogP) is 3.55. The van der Waals surface area contributed by atoms with Gasteiger partial charge >= 0.3 is 0 Å². The van der Waals surface area contributed by atoms with Crippen LogP contribution in [-0.2, 0) is 9.78 Å². The van der Waals surface area contributed by atoms with Gasteiger partial charge in [-0.3, -0.25) is 14.6 Å². The summed E-state index contributed by atoms with van der Waals surface area (Å²) < 4.78 is 0. The third-order valence-corrected chi connectivity index (χ3v) is 4.18. The minimum absolute atomic E-state index is 0.0705. The van der Waals surface area contributed by atoms with E-state index in [0.29, 0.717) is 24.9 Å². The Kier molecular flexibility index (Phi) is 6.06. The third kappa shape index (κ3) is 4.74. The second-order valence-corrected chi connectivity index (χ2v) is 6.08. The highest BCUT2D eigenvalue weighted by Gasteiger charge is 2.15. The van der Waals surface area contributed by atoms with Crippen molar-refractivity contribution in [2.24, 2.45) is 5.73 Å². The standard InChI is InChI=1S/C21H22N2O3/c22-12-10-20(14-16-11-13-25-26-15-16)23-21(24)19-8-6-18(7-9-19)17-4-2-1-3-5-17/h1-9,11,13,15,20H,10,12,14,22H2,(H,23,24). The second-order valence-electron chi connectivity index (χ2n) is 6.08. The smallest absolute Gasteiger partial charge is 0.251 e. The molecule has 3 rings (SSSR count). The van der Waals surface area contributed by atoms with Crippen LogP contribution < -0.4 is 11.1 Å². The van der Waals surface area contributed by atoms with Gasteiger partial charge in [0.1, 0.15) is 12.5 Å². The first-order valence-electron chi connectivity index (χ1n) is 8.60. The summed E-state index contributed by atoms with van der Waals surface area (Å²) in [6.07, 6.45) is 6.13. The van der Waals surface area contributed by atoms with Gasteiger partial charge in [0.15, 0.2) is 0 Å². The van der Waals surface area contributed by atoms with Gasteiger partial charge in [0.25, 0.3) is 5.91 Å². The quantitative estimate of drug-likeness (QED) is 0.749. The number of hydrogen-bond acceptors (Lipinski definition) is 4. The highest BCUT2D eigenvalue weighted by atomic mass is 17.2. The first-order chi connectivity index (χ1) is 12.8. The molecule has 0 bridgehead atoms. The van der Waals surface area contributed by atoms with Crippen molar-refractivity contribution in [2.45, 2.75) is 18.9 Å². The van der Waals surface area contributed by atoms with Crippen molar-refractivity contribution in [1.82, 2.24) is 5.32 Å². The van der Waals surface area contributed by atoms with Crippen molar-refractivity contribution in [1.29, 1.82) is 0 Å². The topological polar surface area (TPSA) is 73.6 Å². The average molecular weight is 350 g/mol. The van der Waals surface area contributed by atoms with E-state index in [2.05, 4.69) is 10.2 Å². The minimum Gasteiger partial charge on any atom is -0.349 e. The zero-order valence-corrected chi connectivity index (χ0v) is 14.4. The van der Waals surface area contributed by atoms with Crippen molar-refractivity contribution in [2.75, 3.05) is 6.54 Å². The molecule has 2 aromatic rings. The maximum Gasteiger partial charge on any atom is 0.251 e. The van der Waals surface area contributed by atoms with Crippen molar-refractivity contribution in [3.63, 3.8) is 0 Å². The molecule has 26 heavy (non-hydrogen) atoms. The van der Waals surface area contributed by atoms with Gasteiger partial charge in [-0.05, 0) is 54.3 Å². The molecule has 0 aromatic heterocycles. The molecule has 134 valence electrons. The summed E-state index contributed by atoms with van der Waals surface area (Å²) in [7, 11) is 0. The normalized spacial score (nSPS) is 14.0. The van der Waals surface area contributed by atoms with Crippen LogP contribution in [0.5, 0.6) is 0 Å². The van der Waals surface area contributed by atoms with Gasteiger partial charge in [0.05, 0.1) is 0 Å². The molecule has 0 radical (unpaired) electrons. The van der Waals surface area contributed by atoms with E-state index in [4.69, 9.17) is 10.6 Å². The Bertz CT molecular complexity index is 783. The molecule has 1 unspecified atom stereocenters. The number of nitrogens with one attached hydrogen (secondary N) is 1. The fraction of sp³-hybridized carbons (Fsp3) is 0.190. The van der Waals surface area contributed by atoms with Gasteiger partial charge in [-0.1, -0.05) is 42.5 Å². The van der Waals surface area contributed by atoms with Crippen LogP contribution in [0.15, 0.2) is 78.8 Å². The van der Waals surface area contributed by atoms with Crippen LogP contribution >= 0.6 is 0 Å². The van der Waals surface area contributed by atoms with Crippen molar-refractivity contribution in [3.05, 3.63) is 84.3 Å². The Morgan fingerprint density at radius 1 is 1.00 bits per heavy atom. The fourth-order valence-corrected chi connectivity index (χ4v) is 2.82. The number of rotatable bonds is 7. The summed E-state index contributed by atoms with van der Waals surface area (Å²) in [4.78, 5) is 22.1. The van der Waals surface area contributed by atoms with E-state index in [1.54, 1.807) is 0 Å². The Morgan fingerprint density at radius 3 is 2.38 bits per heavy atom. The zero-order chi connectivity index (χ0) is 18.2. The minimum atomic E-state index is -0.111. The lowest BCUT2D eigenvalue weighted by Gasteiger charge is -2.19. The summed E-state index contributed by atoms with van der Waals surface area (Å²) in [6.45, 7) is 0.492. The van der Waals surface area contributed by atoms with E-state index < -0.39 is 0 Å². The molecule has 1 heterocycles. The van der Waals surface area contributed by atoms with Crippen LogP contribution in [0.25, 0.3) is 11.1 Å². The molecule has 1 aliphatic heterocycles. The number of carbonyl (C=O) groups is 1. The van der Waals surface area contributed by atoms with Crippen LogP contribution in [0, 0.1) is 0 Å². The summed E-state index contributed by atoms with van der Waals surface area (Å²) in [5.41, 5.74) is 9.46. The van der Waals surface area contributed by atoms with E-state index in [0.717, 1.165) is 16.7 Å². The number of allylic oxidation sites excluding steroid dienone is 1. The average Bonchev–Trinajstić information content (AvgIpc) is 2.70. The van der Waals surface area contributed by atoms with E-state index in [1.165, 1.54) is 12.5 Å². The molecule has 5 heteroatoms. The van der Waals surface area contributed by atoms with Crippen molar-refractivity contribution >= 4 is 5.91 Å².